The van der Waals surface area contributed by atoms with E-state index in [1.165, 1.54) is 0 Å². The highest BCUT2D eigenvalue weighted by Crippen LogP contribution is 2.27. The van der Waals surface area contributed by atoms with Crippen LogP contribution in [0.1, 0.15) is 13.8 Å². The molecule has 0 aliphatic heterocycles. The fourth-order valence-electron chi connectivity index (χ4n) is 1.53. The van der Waals surface area contributed by atoms with Crippen LogP contribution < -0.4 is 14.8 Å². The van der Waals surface area contributed by atoms with Crippen LogP contribution in [0, 0.1) is 0 Å². The van der Waals surface area contributed by atoms with Crippen molar-refractivity contribution in [2.75, 3.05) is 25.1 Å². The lowest BCUT2D eigenvalue weighted by molar-refractivity contribution is 0.102. The molecule has 0 saturated heterocycles. The smallest absolute Gasteiger partial charge is 0.161 e. The molecule has 0 amide bonds. The Balaban J connectivity index is 2.47. The first-order chi connectivity index (χ1) is 10.0. The normalized spacial score (nSPS) is 14.0. The second-order valence-corrected chi connectivity index (χ2v) is 6.98. The first-order valence-electron chi connectivity index (χ1n) is 6.99. The maximum Gasteiger partial charge on any atom is 0.161 e. The number of hydrogen-bond acceptors (Lipinski definition) is 4. The van der Waals surface area contributed by atoms with E-state index in [1.807, 2.05) is 38.1 Å². The topological polar surface area (TPSA) is 50.7 Å². The van der Waals surface area contributed by atoms with Crippen molar-refractivity contribution in [2.24, 2.45) is 0 Å². The monoisotopic (exact) mass is 423 g/mol. The Hall–Kier alpha value is -0.300. The van der Waals surface area contributed by atoms with Crippen molar-refractivity contribution in [1.29, 1.82) is 0 Å². The summed E-state index contributed by atoms with van der Waals surface area (Å²) in [5.41, 5.74) is 0. The number of rotatable bonds is 10. The van der Waals surface area contributed by atoms with Gasteiger partial charge in [0, 0.05) is 17.9 Å². The molecule has 0 radical (unpaired) electrons. The van der Waals surface area contributed by atoms with Crippen LogP contribution in [-0.2, 0) is 0 Å². The molecule has 2 unspecified atom stereocenters. The zero-order valence-corrected chi connectivity index (χ0v) is 15.6. The van der Waals surface area contributed by atoms with E-state index in [9.17, 15) is 5.11 Å². The largest absolute Gasteiger partial charge is 0.489 e. The van der Waals surface area contributed by atoms with Gasteiger partial charge in [0.05, 0.1) is 4.83 Å². The Morgan fingerprint density at radius 3 is 2.24 bits per heavy atom. The van der Waals surface area contributed by atoms with Gasteiger partial charge in [-0.25, -0.2) is 0 Å². The number of aliphatic hydroxyl groups is 1. The molecular weight excluding hydrogens is 402 g/mol. The molecule has 2 N–H and O–H groups in total. The SMILES string of the molecule is CC(C)NCC(O)COc1ccccc1OCC(Br)CBr. The minimum Gasteiger partial charge on any atom is -0.489 e. The van der Waals surface area contributed by atoms with Crippen molar-refractivity contribution >= 4 is 31.9 Å². The van der Waals surface area contributed by atoms with E-state index in [0.29, 0.717) is 30.7 Å². The molecule has 6 heteroatoms. The Morgan fingerprint density at radius 2 is 1.71 bits per heavy atom. The predicted octanol–water partition coefficient (Wildman–Crippen LogP) is 2.96. The van der Waals surface area contributed by atoms with Gasteiger partial charge in [0.15, 0.2) is 11.5 Å². The molecule has 0 aliphatic carbocycles. The van der Waals surface area contributed by atoms with Gasteiger partial charge in [0.1, 0.15) is 19.3 Å². The number of para-hydroxylation sites is 2. The summed E-state index contributed by atoms with van der Waals surface area (Å²) in [6.07, 6.45) is -0.549. The summed E-state index contributed by atoms with van der Waals surface area (Å²) in [7, 11) is 0. The van der Waals surface area contributed by atoms with Gasteiger partial charge in [-0.15, -0.1) is 0 Å². The van der Waals surface area contributed by atoms with Crippen molar-refractivity contribution in [3.63, 3.8) is 0 Å². The molecule has 0 bridgehead atoms. The third-order valence-corrected chi connectivity index (χ3v) is 4.87. The molecule has 0 fully saturated rings. The Labute approximate surface area is 143 Å². The van der Waals surface area contributed by atoms with E-state index in [4.69, 9.17) is 9.47 Å². The summed E-state index contributed by atoms with van der Waals surface area (Å²) in [6, 6.07) is 7.83. The Kier molecular flexibility index (Phi) is 9.31. The van der Waals surface area contributed by atoms with Crippen LogP contribution in [0.15, 0.2) is 24.3 Å². The lowest BCUT2D eigenvalue weighted by Crippen LogP contribution is -2.35. The average Bonchev–Trinajstić information content (AvgIpc) is 2.49. The first kappa shape index (κ1) is 18.7. The van der Waals surface area contributed by atoms with Crippen molar-refractivity contribution < 1.29 is 14.6 Å². The summed E-state index contributed by atoms with van der Waals surface area (Å²) >= 11 is 6.88. The van der Waals surface area contributed by atoms with Gasteiger partial charge in [0.2, 0.25) is 0 Å². The molecule has 1 aromatic rings. The first-order valence-corrected chi connectivity index (χ1v) is 9.02. The van der Waals surface area contributed by atoms with Crippen molar-refractivity contribution in [3.05, 3.63) is 24.3 Å². The zero-order chi connectivity index (χ0) is 15.7. The number of halogens is 2. The van der Waals surface area contributed by atoms with E-state index in [-0.39, 0.29) is 11.4 Å². The van der Waals surface area contributed by atoms with Gasteiger partial charge in [-0.1, -0.05) is 57.8 Å². The van der Waals surface area contributed by atoms with Crippen LogP contribution in [-0.4, -0.2) is 47.2 Å². The van der Waals surface area contributed by atoms with Crippen LogP contribution >= 0.6 is 31.9 Å². The van der Waals surface area contributed by atoms with Gasteiger partial charge in [-0.05, 0) is 12.1 Å². The molecule has 0 aromatic heterocycles. The summed E-state index contributed by atoms with van der Waals surface area (Å²) in [4.78, 5) is 0.242. The fourth-order valence-corrected chi connectivity index (χ4v) is 1.85. The summed E-state index contributed by atoms with van der Waals surface area (Å²) in [6.45, 7) is 5.36. The van der Waals surface area contributed by atoms with Crippen LogP contribution in [0.4, 0.5) is 0 Å². The highest BCUT2D eigenvalue weighted by molar-refractivity contribution is 9.12. The van der Waals surface area contributed by atoms with E-state index in [2.05, 4.69) is 37.2 Å². The molecule has 0 saturated carbocycles. The number of aliphatic hydroxyl groups excluding tert-OH is 1. The van der Waals surface area contributed by atoms with Crippen LogP contribution in [0.3, 0.4) is 0 Å². The molecule has 120 valence electrons. The lowest BCUT2D eigenvalue weighted by atomic mass is 10.3. The number of benzene rings is 1. The molecule has 2 atom stereocenters. The summed E-state index contributed by atoms with van der Waals surface area (Å²) in [5.74, 6) is 1.34. The van der Waals surface area contributed by atoms with Gasteiger partial charge in [-0.2, -0.15) is 0 Å². The van der Waals surface area contributed by atoms with E-state index >= 15 is 0 Å². The molecule has 0 heterocycles. The van der Waals surface area contributed by atoms with Gasteiger partial charge >= 0.3 is 0 Å². The second kappa shape index (κ2) is 10.4. The maximum atomic E-state index is 9.86. The molecule has 0 aliphatic rings. The van der Waals surface area contributed by atoms with E-state index in [1.54, 1.807) is 0 Å². The minimum absolute atomic E-state index is 0.232. The summed E-state index contributed by atoms with van der Waals surface area (Å²) < 4.78 is 11.4. The van der Waals surface area contributed by atoms with Crippen molar-refractivity contribution in [1.82, 2.24) is 5.32 Å². The molecule has 21 heavy (non-hydrogen) atoms. The van der Waals surface area contributed by atoms with Crippen molar-refractivity contribution in [3.8, 4) is 11.5 Å². The summed E-state index contributed by atoms with van der Waals surface area (Å²) in [5, 5.41) is 13.9. The zero-order valence-electron chi connectivity index (χ0n) is 12.4. The number of alkyl halides is 2. The Bertz CT molecular complexity index is 404. The maximum absolute atomic E-state index is 9.86. The molecule has 0 spiro atoms. The molecular formula is C15H23Br2NO3. The average molecular weight is 425 g/mol. The highest BCUT2D eigenvalue weighted by Gasteiger charge is 2.10. The highest BCUT2D eigenvalue weighted by atomic mass is 79.9. The molecule has 1 rings (SSSR count). The third-order valence-electron chi connectivity index (χ3n) is 2.63. The number of nitrogens with one attached hydrogen (secondary N) is 1. The third kappa shape index (κ3) is 8.04. The van der Waals surface area contributed by atoms with Gasteiger partial charge < -0.3 is 19.9 Å². The van der Waals surface area contributed by atoms with Gasteiger partial charge in [-0.3, -0.25) is 0 Å². The Morgan fingerprint density at radius 1 is 1.14 bits per heavy atom. The van der Waals surface area contributed by atoms with Crippen LogP contribution in [0.5, 0.6) is 11.5 Å². The fraction of sp³-hybridized carbons (Fsp3) is 0.600. The molecule has 1 aromatic carbocycles. The van der Waals surface area contributed by atoms with Crippen molar-refractivity contribution in [2.45, 2.75) is 30.8 Å². The van der Waals surface area contributed by atoms with E-state index in [0.717, 1.165) is 5.33 Å². The van der Waals surface area contributed by atoms with Crippen LogP contribution in [0.2, 0.25) is 0 Å². The second-order valence-electron chi connectivity index (χ2n) is 5.04. The lowest BCUT2D eigenvalue weighted by Gasteiger charge is -2.17. The molecule has 4 nitrogen and oxygen atoms in total. The standard InChI is InChI=1S/C15H23Br2NO3/c1-11(2)18-8-13(19)10-21-15-6-4-3-5-14(15)20-9-12(17)7-16/h3-6,11-13,18-19H,7-10H2,1-2H3. The minimum atomic E-state index is -0.549. The predicted molar refractivity (Wildman–Crippen MR) is 93.1 cm³/mol. The number of hydrogen-bond donors (Lipinski definition) is 2. The number of ether oxygens (including phenoxy) is 2. The van der Waals surface area contributed by atoms with E-state index < -0.39 is 6.10 Å². The quantitative estimate of drug-likeness (QED) is 0.567. The van der Waals surface area contributed by atoms with Crippen LogP contribution in [0.25, 0.3) is 0 Å². The van der Waals surface area contributed by atoms with Gasteiger partial charge in [0.25, 0.3) is 0 Å².